The van der Waals surface area contributed by atoms with Gasteiger partial charge in [0.2, 0.25) is 0 Å². The molecule has 6 heteroatoms. The summed E-state index contributed by atoms with van der Waals surface area (Å²) in [4.78, 5) is 0. The van der Waals surface area contributed by atoms with Crippen molar-refractivity contribution in [1.82, 2.24) is 0 Å². The largest absolute Gasteiger partial charge is 0.393 e. The van der Waals surface area contributed by atoms with E-state index in [1.165, 1.54) is 11.8 Å². The van der Waals surface area contributed by atoms with Gasteiger partial charge in [-0.15, -0.1) is 11.8 Å². The summed E-state index contributed by atoms with van der Waals surface area (Å²) in [6.07, 6.45) is 0.539. The summed E-state index contributed by atoms with van der Waals surface area (Å²) in [5.74, 6) is 0. The maximum atomic E-state index is 9.97. The third-order valence-corrected chi connectivity index (χ3v) is 5.45. The summed E-state index contributed by atoms with van der Waals surface area (Å²) in [7, 11) is 0. The van der Waals surface area contributed by atoms with Crippen LogP contribution in [0.25, 0.3) is 0 Å². The van der Waals surface area contributed by atoms with Gasteiger partial charge in [0.25, 0.3) is 0 Å². The van der Waals surface area contributed by atoms with E-state index in [1.807, 2.05) is 0 Å². The lowest BCUT2D eigenvalue weighted by Crippen LogP contribution is -2.55. The van der Waals surface area contributed by atoms with Gasteiger partial charge in [-0.25, -0.2) is 0 Å². The van der Waals surface area contributed by atoms with Crippen molar-refractivity contribution in [2.24, 2.45) is 0 Å². The Bertz CT molecular complexity index is 290. The molecule has 2 fully saturated rings. The van der Waals surface area contributed by atoms with Crippen LogP contribution in [0.15, 0.2) is 0 Å². The molecule has 0 aromatic carbocycles. The minimum atomic E-state index is -1.17. The highest BCUT2D eigenvalue weighted by Gasteiger charge is 2.42. The summed E-state index contributed by atoms with van der Waals surface area (Å²) in [5, 5.41) is 39.4. The molecule has 0 bridgehead atoms. The van der Waals surface area contributed by atoms with E-state index in [1.54, 1.807) is 6.92 Å². The van der Waals surface area contributed by atoms with E-state index < -0.39 is 29.9 Å². The Morgan fingerprint density at radius 3 is 2.37 bits per heavy atom. The van der Waals surface area contributed by atoms with Crippen molar-refractivity contribution < 1.29 is 25.2 Å². The zero-order chi connectivity index (χ0) is 14.0. The van der Waals surface area contributed by atoms with E-state index in [4.69, 9.17) is 4.74 Å². The van der Waals surface area contributed by atoms with E-state index in [2.05, 4.69) is 0 Å². The molecule has 19 heavy (non-hydrogen) atoms. The number of rotatable bonds is 2. The van der Waals surface area contributed by atoms with Crippen LogP contribution in [-0.2, 0) is 4.74 Å². The molecular weight excluding hydrogens is 268 g/mol. The molecule has 0 aromatic rings. The van der Waals surface area contributed by atoms with Crippen LogP contribution in [0.3, 0.4) is 0 Å². The highest BCUT2D eigenvalue weighted by molar-refractivity contribution is 8.00. The molecule has 5 nitrogen and oxygen atoms in total. The lowest BCUT2D eigenvalue weighted by Gasteiger charge is -2.40. The Morgan fingerprint density at radius 1 is 0.947 bits per heavy atom. The maximum absolute atomic E-state index is 9.97. The van der Waals surface area contributed by atoms with Crippen molar-refractivity contribution in [3.05, 3.63) is 0 Å². The van der Waals surface area contributed by atoms with E-state index in [-0.39, 0.29) is 11.4 Å². The third kappa shape index (κ3) is 3.83. The Balaban J connectivity index is 1.93. The minimum Gasteiger partial charge on any atom is -0.393 e. The van der Waals surface area contributed by atoms with Crippen molar-refractivity contribution in [3.8, 4) is 0 Å². The second-order valence-corrected chi connectivity index (χ2v) is 7.02. The molecule has 0 aromatic heterocycles. The van der Waals surface area contributed by atoms with E-state index in [0.717, 1.165) is 25.7 Å². The van der Waals surface area contributed by atoms with Gasteiger partial charge in [-0.3, -0.25) is 0 Å². The summed E-state index contributed by atoms with van der Waals surface area (Å²) in [5.41, 5.74) is -0.538. The van der Waals surface area contributed by atoms with Crippen LogP contribution in [0.1, 0.15) is 39.0 Å². The molecule has 0 radical (unpaired) electrons. The second-order valence-electron chi connectivity index (χ2n) is 5.61. The number of hydrogen-bond donors (Lipinski definition) is 4. The summed E-state index contributed by atoms with van der Waals surface area (Å²) in [6.45, 7) is 1.69. The van der Waals surface area contributed by atoms with Crippen LogP contribution in [0.2, 0.25) is 0 Å². The van der Waals surface area contributed by atoms with Crippen LogP contribution in [0, 0.1) is 0 Å². The SMILES string of the molecule is C[C@H]1O[C@H](SC2CCCCC(O)C2)[C@H](O)[C@@H](O)[C@H]1O. The molecule has 2 rings (SSSR count). The predicted octanol–water partition coefficient (Wildman–Crippen LogP) is 0.241. The summed E-state index contributed by atoms with van der Waals surface area (Å²) >= 11 is 1.47. The zero-order valence-corrected chi connectivity index (χ0v) is 12.0. The Labute approximate surface area is 118 Å². The molecule has 2 unspecified atom stereocenters. The second kappa shape index (κ2) is 6.74. The Kier molecular flexibility index (Phi) is 5.51. The average Bonchev–Trinajstić information content (AvgIpc) is 2.58. The van der Waals surface area contributed by atoms with Gasteiger partial charge in [0.1, 0.15) is 23.7 Å². The molecule has 0 spiro atoms. The molecule has 1 saturated heterocycles. The van der Waals surface area contributed by atoms with Crippen LogP contribution in [0.5, 0.6) is 0 Å². The van der Waals surface area contributed by atoms with Gasteiger partial charge < -0.3 is 25.2 Å². The fraction of sp³-hybridized carbons (Fsp3) is 1.00. The van der Waals surface area contributed by atoms with Gasteiger partial charge in [-0.05, 0) is 26.2 Å². The highest BCUT2D eigenvalue weighted by atomic mass is 32.2. The molecule has 1 heterocycles. The molecule has 0 amide bonds. The van der Waals surface area contributed by atoms with Gasteiger partial charge in [-0.2, -0.15) is 0 Å². The number of aliphatic hydroxyl groups is 4. The number of ether oxygens (including phenoxy) is 1. The molecular formula is C13H24O5S. The van der Waals surface area contributed by atoms with Gasteiger partial charge in [-0.1, -0.05) is 12.8 Å². The highest BCUT2D eigenvalue weighted by Crippen LogP contribution is 2.36. The number of aliphatic hydroxyl groups excluding tert-OH is 4. The van der Waals surface area contributed by atoms with Gasteiger partial charge in [0.15, 0.2) is 0 Å². The van der Waals surface area contributed by atoms with Gasteiger partial charge >= 0.3 is 0 Å². The molecule has 7 atom stereocenters. The van der Waals surface area contributed by atoms with Crippen LogP contribution >= 0.6 is 11.8 Å². The van der Waals surface area contributed by atoms with E-state index >= 15 is 0 Å². The lowest BCUT2D eigenvalue weighted by atomic mass is 10.0. The van der Waals surface area contributed by atoms with Crippen molar-refractivity contribution >= 4 is 11.8 Å². The average molecular weight is 292 g/mol. The van der Waals surface area contributed by atoms with Crippen molar-refractivity contribution in [2.75, 3.05) is 0 Å². The lowest BCUT2D eigenvalue weighted by molar-refractivity contribution is -0.192. The van der Waals surface area contributed by atoms with Crippen molar-refractivity contribution in [2.45, 2.75) is 80.2 Å². The topological polar surface area (TPSA) is 90.2 Å². The van der Waals surface area contributed by atoms with Crippen LogP contribution in [0.4, 0.5) is 0 Å². The smallest absolute Gasteiger partial charge is 0.132 e. The van der Waals surface area contributed by atoms with Gasteiger partial charge in [0.05, 0.1) is 12.2 Å². The Morgan fingerprint density at radius 2 is 1.63 bits per heavy atom. The summed E-state index contributed by atoms with van der Waals surface area (Å²) < 4.78 is 5.58. The first-order valence-corrected chi connectivity index (χ1v) is 7.96. The molecule has 1 aliphatic carbocycles. The van der Waals surface area contributed by atoms with E-state index in [0.29, 0.717) is 6.42 Å². The fourth-order valence-corrected chi connectivity index (χ4v) is 4.31. The monoisotopic (exact) mass is 292 g/mol. The zero-order valence-electron chi connectivity index (χ0n) is 11.2. The van der Waals surface area contributed by atoms with Crippen LogP contribution < -0.4 is 0 Å². The molecule has 4 N–H and O–H groups in total. The Hall–Kier alpha value is 0.150. The molecule has 2 aliphatic rings. The molecule has 1 saturated carbocycles. The number of thioether (sulfide) groups is 1. The fourth-order valence-electron chi connectivity index (χ4n) is 2.73. The first kappa shape index (κ1) is 15.5. The van der Waals surface area contributed by atoms with Crippen molar-refractivity contribution in [3.63, 3.8) is 0 Å². The van der Waals surface area contributed by atoms with Crippen molar-refractivity contribution in [1.29, 1.82) is 0 Å². The number of hydrogen-bond acceptors (Lipinski definition) is 6. The summed E-state index contributed by atoms with van der Waals surface area (Å²) in [6, 6.07) is 0. The quantitative estimate of drug-likeness (QED) is 0.545. The first-order chi connectivity index (χ1) is 8.99. The third-order valence-electron chi connectivity index (χ3n) is 3.98. The van der Waals surface area contributed by atoms with E-state index in [9.17, 15) is 20.4 Å². The van der Waals surface area contributed by atoms with Gasteiger partial charge in [0, 0.05) is 5.25 Å². The normalized spacial score (nSPS) is 48.8. The predicted molar refractivity (Wildman–Crippen MR) is 72.8 cm³/mol. The van der Waals surface area contributed by atoms with Crippen LogP contribution in [-0.4, -0.2) is 61.6 Å². The molecule has 112 valence electrons. The molecule has 1 aliphatic heterocycles. The maximum Gasteiger partial charge on any atom is 0.132 e. The first-order valence-electron chi connectivity index (χ1n) is 7.02. The standard InChI is InChI=1S/C13H24O5S/c1-7-10(15)11(16)12(17)13(18-7)19-9-5-3-2-4-8(14)6-9/h7-17H,2-6H2,1H3/t7-,8?,9?,10+,11+,12-,13-/m1/s1. The minimum absolute atomic E-state index is 0.229.